The molecule has 0 N–H and O–H groups in total. The number of hydrogen-bond donors (Lipinski definition) is 0. The molecular formula is C8H10O. The molecule has 0 fully saturated rings. The van der Waals surface area contributed by atoms with Crippen molar-refractivity contribution in [1.82, 2.24) is 0 Å². The molecule has 0 saturated carbocycles. The minimum absolute atomic E-state index is 0.773. The highest BCUT2D eigenvalue weighted by atomic mass is 16.5. The minimum atomic E-state index is 0.773. The normalized spacial score (nSPS) is 30.1. The van der Waals surface area contributed by atoms with Gasteiger partial charge in [-0.3, -0.25) is 0 Å². The van der Waals surface area contributed by atoms with Gasteiger partial charge in [0.15, 0.2) is 0 Å². The SMILES string of the molecule is COC1=C2C=CC(C2)C1. The van der Waals surface area contributed by atoms with Gasteiger partial charge in [0.1, 0.15) is 0 Å². The summed E-state index contributed by atoms with van der Waals surface area (Å²) in [5, 5.41) is 0. The van der Waals surface area contributed by atoms with E-state index >= 15 is 0 Å². The van der Waals surface area contributed by atoms with Gasteiger partial charge in [0.2, 0.25) is 0 Å². The molecule has 2 rings (SSSR count). The lowest BCUT2D eigenvalue weighted by molar-refractivity contribution is 0.275. The van der Waals surface area contributed by atoms with Crippen LogP contribution in [0.25, 0.3) is 0 Å². The molecule has 0 radical (unpaired) electrons. The first-order chi connectivity index (χ1) is 4.40. The summed E-state index contributed by atoms with van der Waals surface area (Å²) in [5.41, 5.74) is 1.42. The van der Waals surface area contributed by atoms with Crippen molar-refractivity contribution in [2.45, 2.75) is 12.8 Å². The van der Waals surface area contributed by atoms with Crippen molar-refractivity contribution in [1.29, 1.82) is 0 Å². The summed E-state index contributed by atoms with van der Waals surface area (Å²) in [4.78, 5) is 0. The largest absolute Gasteiger partial charge is 0.501 e. The van der Waals surface area contributed by atoms with Crippen LogP contribution in [0.2, 0.25) is 0 Å². The zero-order valence-electron chi connectivity index (χ0n) is 5.55. The van der Waals surface area contributed by atoms with Crippen LogP contribution in [0, 0.1) is 5.92 Å². The molecule has 48 valence electrons. The van der Waals surface area contributed by atoms with Gasteiger partial charge in [-0.1, -0.05) is 12.2 Å². The third kappa shape index (κ3) is 0.607. The molecule has 2 bridgehead atoms. The van der Waals surface area contributed by atoms with Crippen LogP contribution in [0.5, 0.6) is 0 Å². The van der Waals surface area contributed by atoms with Crippen LogP contribution in [0.1, 0.15) is 12.8 Å². The van der Waals surface area contributed by atoms with Gasteiger partial charge >= 0.3 is 0 Å². The maximum absolute atomic E-state index is 5.17. The first-order valence-corrected chi connectivity index (χ1v) is 3.34. The highest BCUT2D eigenvalue weighted by Crippen LogP contribution is 2.38. The second-order valence-corrected chi connectivity index (χ2v) is 2.68. The fourth-order valence-corrected chi connectivity index (χ4v) is 1.60. The van der Waals surface area contributed by atoms with Gasteiger partial charge in [0, 0.05) is 6.42 Å². The molecule has 2 aliphatic rings. The molecule has 0 spiro atoms. The summed E-state index contributed by atoms with van der Waals surface area (Å²) < 4.78 is 5.17. The Kier molecular flexibility index (Phi) is 0.922. The summed E-state index contributed by atoms with van der Waals surface area (Å²) in [5.74, 6) is 1.98. The van der Waals surface area contributed by atoms with E-state index in [-0.39, 0.29) is 0 Å². The lowest BCUT2D eigenvalue weighted by atomic mass is 10.1. The predicted molar refractivity (Wildman–Crippen MR) is 35.9 cm³/mol. The maximum Gasteiger partial charge on any atom is 0.0993 e. The topological polar surface area (TPSA) is 9.23 Å². The van der Waals surface area contributed by atoms with Crippen LogP contribution >= 0.6 is 0 Å². The molecule has 0 aliphatic heterocycles. The van der Waals surface area contributed by atoms with Crippen LogP contribution in [0.15, 0.2) is 23.5 Å². The molecule has 1 nitrogen and oxygen atoms in total. The van der Waals surface area contributed by atoms with E-state index in [1.807, 2.05) is 0 Å². The van der Waals surface area contributed by atoms with Crippen LogP contribution < -0.4 is 0 Å². The molecule has 9 heavy (non-hydrogen) atoms. The highest BCUT2D eigenvalue weighted by molar-refractivity contribution is 5.35. The Hall–Kier alpha value is -0.720. The van der Waals surface area contributed by atoms with E-state index in [9.17, 15) is 0 Å². The molecule has 1 heteroatoms. The summed E-state index contributed by atoms with van der Waals surface area (Å²) in [6.07, 6.45) is 6.83. The minimum Gasteiger partial charge on any atom is -0.501 e. The Morgan fingerprint density at radius 1 is 1.56 bits per heavy atom. The van der Waals surface area contributed by atoms with Gasteiger partial charge in [-0.2, -0.15) is 0 Å². The predicted octanol–water partition coefficient (Wildman–Crippen LogP) is 1.87. The van der Waals surface area contributed by atoms with Crippen molar-refractivity contribution < 1.29 is 4.74 Å². The third-order valence-electron chi connectivity index (χ3n) is 2.10. The van der Waals surface area contributed by atoms with Crippen molar-refractivity contribution in [3.8, 4) is 0 Å². The average molecular weight is 122 g/mol. The molecule has 0 heterocycles. The molecule has 0 amide bonds. The number of hydrogen-bond acceptors (Lipinski definition) is 1. The quantitative estimate of drug-likeness (QED) is 0.516. The van der Waals surface area contributed by atoms with E-state index < -0.39 is 0 Å². The van der Waals surface area contributed by atoms with Gasteiger partial charge in [0.25, 0.3) is 0 Å². The van der Waals surface area contributed by atoms with E-state index in [4.69, 9.17) is 4.74 Å². The Balaban J connectivity index is 2.32. The van der Waals surface area contributed by atoms with Crippen molar-refractivity contribution in [3.05, 3.63) is 23.5 Å². The average Bonchev–Trinajstić information content (AvgIpc) is 2.45. The molecular weight excluding hydrogens is 112 g/mol. The van der Waals surface area contributed by atoms with Gasteiger partial charge in [-0.25, -0.2) is 0 Å². The lowest BCUT2D eigenvalue weighted by Crippen LogP contribution is -1.90. The fraction of sp³-hybridized carbons (Fsp3) is 0.500. The summed E-state index contributed by atoms with van der Waals surface area (Å²) >= 11 is 0. The zero-order chi connectivity index (χ0) is 6.27. The van der Waals surface area contributed by atoms with Crippen molar-refractivity contribution in [3.63, 3.8) is 0 Å². The molecule has 0 aromatic carbocycles. The maximum atomic E-state index is 5.17. The van der Waals surface area contributed by atoms with Crippen LogP contribution in [-0.2, 0) is 4.74 Å². The highest BCUT2D eigenvalue weighted by Gasteiger charge is 2.25. The van der Waals surface area contributed by atoms with Crippen molar-refractivity contribution in [2.24, 2.45) is 5.92 Å². The summed E-state index contributed by atoms with van der Waals surface area (Å²) in [6, 6.07) is 0. The van der Waals surface area contributed by atoms with E-state index in [0.717, 1.165) is 12.3 Å². The summed E-state index contributed by atoms with van der Waals surface area (Å²) in [6.45, 7) is 0. The van der Waals surface area contributed by atoms with Crippen LogP contribution in [0.3, 0.4) is 0 Å². The number of ether oxygens (including phenoxy) is 1. The molecule has 0 aromatic heterocycles. The first kappa shape index (κ1) is 5.10. The number of rotatable bonds is 1. The van der Waals surface area contributed by atoms with E-state index in [1.165, 1.54) is 17.8 Å². The molecule has 1 unspecified atom stereocenters. The Morgan fingerprint density at radius 3 is 2.78 bits per heavy atom. The van der Waals surface area contributed by atoms with Crippen LogP contribution in [0.4, 0.5) is 0 Å². The molecule has 2 aliphatic carbocycles. The van der Waals surface area contributed by atoms with E-state index in [2.05, 4.69) is 12.2 Å². The lowest BCUT2D eigenvalue weighted by Gasteiger charge is -2.04. The van der Waals surface area contributed by atoms with E-state index in [1.54, 1.807) is 7.11 Å². The van der Waals surface area contributed by atoms with Gasteiger partial charge in [0.05, 0.1) is 12.9 Å². The number of methoxy groups -OCH3 is 1. The second-order valence-electron chi connectivity index (χ2n) is 2.68. The van der Waals surface area contributed by atoms with Crippen molar-refractivity contribution >= 4 is 0 Å². The van der Waals surface area contributed by atoms with Gasteiger partial charge in [-0.15, -0.1) is 0 Å². The molecule has 0 saturated heterocycles. The van der Waals surface area contributed by atoms with Crippen molar-refractivity contribution in [2.75, 3.05) is 7.11 Å². The fourth-order valence-electron chi connectivity index (χ4n) is 1.60. The number of fused-ring (bicyclic) bond motifs is 2. The standard InChI is InChI=1S/C8H10O/c1-9-8-5-6-2-3-7(8)4-6/h2-3,6H,4-5H2,1H3. The smallest absolute Gasteiger partial charge is 0.0993 e. The Labute approximate surface area is 55.0 Å². The van der Waals surface area contributed by atoms with Gasteiger partial charge < -0.3 is 4.74 Å². The summed E-state index contributed by atoms with van der Waals surface area (Å²) in [7, 11) is 1.76. The first-order valence-electron chi connectivity index (χ1n) is 3.34. The number of allylic oxidation sites excluding steroid dienone is 4. The Bertz CT molecular complexity index is 189. The van der Waals surface area contributed by atoms with Crippen LogP contribution in [-0.4, -0.2) is 7.11 Å². The monoisotopic (exact) mass is 122 g/mol. The Morgan fingerprint density at radius 2 is 2.44 bits per heavy atom. The van der Waals surface area contributed by atoms with Gasteiger partial charge in [-0.05, 0) is 17.9 Å². The molecule has 0 aromatic rings. The third-order valence-corrected chi connectivity index (χ3v) is 2.10. The molecule has 1 atom stereocenters. The second kappa shape index (κ2) is 1.63. The zero-order valence-corrected chi connectivity index (χ0v) is 5.55. The van der Waals surface area contributed by atoms with E-state index in [0.29, 0.717) is 0 Å².